The van der Waals surface area contributed by atoms with E-state index in [9.17, 15) is 14.9 Å². The van der Waals surface area contributed by atoms with Crippen LogP contribution in [-0.4, -0.2) is 30.1 Å². The van der Waals surface area contributed by atoms with E-state index in [2.05, 4.69) is 16.4 Å². The number of aromatic nitrogens is 1. The maximum Gasteiger partial charge on any atom is 0.329 e. The number of fused-ring (bicyclic) bond motifs is 2. The molecule has 2 aromatic carbocycles. The summed E-state index contributed by atoms with van der Waals surface area (Å²) in [5.74, 6) is 0.264. The molecular weight excluding hydrogens is 404 g/mol. The molecule has 1 aromatic heterocycles. The van der Waals surface area contributed by atoms with Crippen molar-refractivity contribution in [3.8, 4) is 11.8 Å². The van der Waals surface area contributed by atoms with Crippen LogP contribution in [0.25, 0.3) is 10.8 Å². The Morgan fingerprint density at radius 2 is 2.00 bits per heavy atom. The quantitative estimate of drug-likeness (QED) is 0.680. The van der Waals surface area contributed by atoms with Crippen molar-refractivity contribution in [2.45, 2.75) is 31.2 Å². The molecule has 1 aliphatic heterocycles. The number of nitrogens with zero attached hydrogens (tertiary/aromatic N) is 3. The van der Waals surface area contributed by atoms with Gasteiger partial charge in [0.1, 0.15) is 5.75 Å². The van der Waals surface area contributed by atoms with Gasteiger partial charge in [0, 0.05) is 23.0 Å². The Bertz CT molecular complexity index is 1260. The SMILES string of the molecule is COc1ccc(C#N)c(C2CCC3C(=O)N(c4cncc5ccccc45)C(=O)NC3C2)c1. The number of hydrogen-bond acceptors (Lipinski definition) is 5. The van der Waals surface area contributed by atoms with Crippen molar-refractivity contribution in [3.63, 3.8) is 0 Å². The molecule has 3 atom stereocenters. The van der Waals surface area contributed by atoms with Crippen LogP contribution in [0.15, 0.2) is 54.9 Å². The highest BCUT2D eigenvalue weighted by Gasteiger charge is 2.45. The summed E-state index contributed by atoms with van der Waals surface area (Å²) < 4.78 is 5.34. The summed E-state index contributed by atoms with van der Waals surface area (Å²) in [7, 11) is 1.60. The highest BCUT2D eigenvalue weighted by molar-refractivity contribution is 6.20. The maximum absolute atomic E-state index is 13.4. The molecule has 3 unspecified atom stereocenters. The highest BCUT2D eigenvalue weighted by atomic mass is 16.5. The lowest BCUT2D eigenvalue weighted by atomic mass is 9.73. The average molecular weight is 426 g/mol. The van der Waals surface area contributed by atoms with E-state index < -0.39 is 6.03 Å². The normalized spacial score (nSPS) is 22.8. The zero-order valence-corrected chi connectivity index (χ0v) is 17.6. The molecule has 1 aliphatic carbocycles. The predicted octanol–water partition coefficient (Wildman–Crippen LogP) is 4.12. The van der Waals surface area contributed by atoms with E-state index in [-0.39, 0.29) is 23.8 Å². The first kappa shape index (κ1) is 20.0. The largest absolute Gasteiger partial charge is 0.497 e. The van der Waals surface area contributed by atoms with Gasteiger partial charge in [-0.05, 0) is 48.9 Å². The Balaban J connectivity index is 1.44. The Labute approximate surface area is 185 Å². The van der Waals surface area contributed by atoms with Crippen LogP contribution in [0.5, 0.6) is 5.75 Å². The van der Waals surface area contributed by atoms with Gasteiger partial charge in [0.05, 0.1) is 36.5 Å². The average Bonchev–Trinajstić information content (AvgIpc) is 2.83. The van der Waals surface area contributed by atoms with Crippen molar-refractivity contribution in [3.05, 3.63) is 66.0 Å². The van der Waals surface area contributed by atoms with Crippen LogP contribution in [-0.2, 0) is 4.79 Å². The Morgan fingerprint density at radius 1 is 1.16 bits per heavy atom. The molecule has 7 heteroatoms. The molecule has 1 saturated carbocycles. The molecule has 2 fully saturated rings. The summed E-state index contributed by atoms with van der Waals surface area (Å²) in [5.41, 5.74) is 2.02. The van der Waals surface area contributed by atoms with Gasteiger partial charge < -0.3 is 10.1 Å². The first-order valence-corrected chi connectivity index (χ1v) is 10.7. The number of amides is 3. The van der Waals surface area contributed by atoms with Crippen molar-refractivity contribution in [2.24, 2.45) is 5.92 Å². The first-order valence-electron chi connectivity index (χ1n) is 10.7. The van der Waals surface area contributed by atoms with Gasteiger partial charge in [-0.15, -0.1) is 0 Å². The van der Waals surface area contributed by atoms with Crippen molar-refractivity contribution >= 4 is 28.4 Å². The smallest absolute Gasteiger partial charge is 0.329 e. The molecule has 160 valence electrons. The van der Waals surface area contributed by atoms with Gasteiger partial charge in [-0.3, -0.25) is 9.78 Å². The number of methoxy groups -OCH3 is 1. The monoisotopic (exact) mass is 426 g/mol. The number of ether oxygens (including phenoxy) is 1. The molecule has 7 nitrogen and oxygen atoms in total. The molecule has 0 spiro atoms. The van der Waals surface area contributed by atoms with E-state index in [1.807, 2.05) is 30.3 Å². The lowest BCUT2D eigenvalue weighted by Crippen LogP contribution is -2.61. The number of pyridine rings is 1. The molecule has 3 aromatic rings. The van der Waals surface area contributed by atoms with Crippen molar-refractivity contribution in [2.75, 3.05) is 12.0 Å². The van der Waals surface area contributed by atoms with Crippen molar-refractivity contribution < 1.29 is 14.3 Å². The van der Waals surface area contributed by atoms with Crippen LogP contribution in [0.1, 0.15) is 36.3 Å². The fourth-order valence-electron chi connectivity index (χ4n) is 5.01. The summed E-state index contributed by atoms with van der Waals surface area (Å²) in [5, 5.41) is 14.3. The summed E-state index contributed by atoms with van der Waals surface area (Å²) >= 11 is 0. The van der Waals surface area contributed by atoms with Crippen LogP contribution in [0, 0.1) is 17.2 Å². The Hall–Kier alpha value is -3.92. The first-order chi connectivity index (χ1) is 15.6. The number of rotatable bonds is 3. The molecule has 2 heterocycles. The van der Waals surface area contributed by atoms with Crippen LogP contribution in [0.3, 0.4) is 0 Å². The second kappa shape index (κ2) is 7.97. The zero-order chi connectivity index (χ0) is 22.2. The van der Waals surface area contributed by atoms with Gasteiger partial charge in [-0.1, -0.05) is 24.3 Å². The molecule has 0 bridgehead atoms. The highest BCUT2D eigenvalue weighted by Crippen LogP contribution is 2.41. The van der Waals surface area contributed by atoms with Crippen molar-refractivity contribution in [1.82, 2.24) is 10.3 Å². The number of benzene rings is 2. The third-order valence-electron chi connectivity index (χ3n) is 6.61. The Kier molecular flexibility index (Phi) is 4.98. The van der Waals surface area contributed by atoms with Gasteiger partial charge in [0.2, 0.25) is 5.91 Å². The predicted molar refractivity (Wildman–Crippen MR) is 119 cm³/mol. The molecule has 32 heavy (non-hydrogen) atoms. The van der Waals surface area contributed by atoms with Gasteiger partial charge in [0.15, 0.2) is 0 Å². The lowest BCUT2D eigenvalue weighted by molar-refractivity contribution is -0.124. The fourth-order valence-corrected chi connectivity index (χ4v) is 5.01. The molecule has 0 radical (unpaired) electrons. The Morgan fingerprint density at radius 3 is 2.81 bits per heavy atom. The number of carbonyl (C=O) groups excluding carboxylic acids is 2. The van der Waals surface area contributed by atoms with E-state index in [4.69, 9.17) is 4.74 Å². The number of hydrogen-bond donors (Lipinski definition) is 1. The minimum absolute atomic E-state index is 0.0693. The van der Waals surface area contributed by atoms with Gasteiger partial charge in [-0.2, -0.15) is 5.26 Å². The fraction of sp³-hybridized carbons (Fsp3) is 0.280. The van der Waals surface area contributed by atoms with Gasteiger partial charge in [-0.25, -0.2) is 9.69 Å². The third kappa shape index (κ3) is 3.25. The summed E-state index contributed by atoms with van der Waals surface area (Å²) in [6, 6.07) is 14.6. The number of urea groups is 1. The minimum atomic E-state index is -0.429. The zero-order valence-electron chi connectivity index (χ0n) is 17.6. The lowest BCUT2D eigenvalue weighted by Gasteiger charge is -2.42. The van der Waals surface area contributed by atoms with E-state index >= 15 is 0 Å². The van der Waals surface area contributed by atoms with Gasteiger partial charge in [0.25, 0.3) is 0 Å². The summed E-state index contributed by atoms with van der Waals surface area (Å²) in [6.07, 6.45) is 5.28. The third-order valence-corrected chi connectivity index (χ3v) is 6.61. The molecule has 3 amide bonds. The number of carbonyl (C=O) groups is 2. The number of anilines is 1. The molecular formula is C25H22N4O3. The van der Waals surface area contributed by atoms with E-state index in [1.165, 1.54) is 4.90 Å². The van der Waals surface area contributed by atoms with Gasteiger partial charge >= 0.3 is 6.03 Å². The standard InChI is InChI=1S/C25H22N4O3/c1-32-18-8-6-16(12-26)21(11-18)15-7-9-20-22(10-15)28-25(31)29(24(20)30)23-14-27-13-17-4-2-3-5-19(17)23/h2-6,8,11,13-15,20,22H,7,9-10H2,1H3,(H,28,31). The van der Waals surface area contributed by atoms with E-state index in [0.717, 1.165) is 22.8 Å². The molecule has 5 rings (SSSR count). The van der Waals surface area contributed by atoms with Crippen LogP contribution >= 0.6 is 0 Å². The summed E-state index contributed by atoms with van der Waals surface area (Å²) in [6.45, 7) is 0. The second-order valence-corrected chi connectivity index (χ2v) is 8.29. The molecule has 2 aliphatic rings. The van der Waals surface area contributed by atoms with Crippen molar-refractivity contribution in [1.29, 1.82) is 5.26 Å². The van der Waals surface area contributed by atoms with Crippen LogP contribution in [0.4, 0.5) is 10.5 Å². The molecule has 1 saturated heterocycles. The molecule has 1 N–H and O–H groups in total. The number of imide groups is 1. The van der Waals surface area contributed by atoms with Crippen LogP contribution < -0.4 is 15.0 Å². The van der Waals surface area contributed by atoms with E-state index in [1.54, 1.807) is 31.6 Å². The van der Waals surface area contributed by atoms with E-state index in [0.29, 0.717) is 29.8 Å². The summed E-state index contributed by atoms with van der Waals surface area (Å²) in [4.78, 5) is 32.0. The second-order valence-electron chi connectivity index (χ2n) is 8.29. The van der Waals surface area contributed by atoms with Crippen LogP contribution in [0.2, 0.25) is 0 Å². The number of nitriles is 1. The minimum Gasteiger partial charge on any atom is -0.497 e. The number of nitrogens with one attached hydrogen (secondary N) is 1. The topological polar surface area (TPSA) is 95.3 Å². The maximum atomic E-state index is 13.4.